The third-order valence-electron chi connectivity index (χ3n) is 7.31. The van der Waals surface area contributed by atoms with Crippen LogP contribution in [0.2, 0.25) is 0 Å². The molecule has 0 saturated carbocycles. The lowest BCUT2D eigenvalue weighted by atomic mass is 9.70. The summed E-state index contributed by atoms with van der Waals surface area (Å²) in [5, 5.41) is 15.0. The van der Waals surface area contributed by atoms with Gasteiger partial charge in [0.2, 0.25) is 17.7 Å². The van der Waals surface area contributed by atoms with Crippen molar-refractivity contribution in [1.82, 2.24) is 10.2 Å². The number of fused-ring (bicyclic) bond motifs is 1. The first kappa shape index (κ1) is 23.1. The van der Waals surface area contributed by atoms with Gasteiger partial charge in [0, 0.05) is 31.1 Å². The maximum absolute atomic E-state index is 13.7. The van der Waals surface area contributed by atoms with Gasteiger partial charge in [-0.3, -0.25) is 14.4 Å². The lowest BCUT2D eigenvalue weighted by molar-refractivity contribution is -0.139. The summed E-state index contributed by atoms with van der Waals surface area (Å²) in [5.74, 6) is -1.18. The number of aryl methyl sites for hydroxylation is 2. The van der Waals surface area contributed by atoms with Gasteiger partial charge < -0.3 is 20.6 Å². The Balaban J connectivity index is 1.66. The minimum Gasteiger partial charge on any atom is -0.396 e. The highest BCUT2D eigenvalue weighted by Crippen LogP contribution is 2.66. The van der Waals surface area contributed by atoms with Crippen LogP contribution in [0.25, 0.3) is 0 Å². The van der Waals surface area contributed by atoms with Crippen LogP contribution < -0.4 is 10.6 Å². The SMILES string of the molecule is CNC(=O)[C@@H]1[C@H]2C(=O)N(CCCCCO)C(C(=O)Nc3cc(C)ccc3C)C23CC[C@H]1S3. The normalized spacial score (nSPS) is 30.5. The average Bonchev–Trinajstić information content (AvgIpc) is 3.41. The van der Waals surface area contributed by atoms with Crippen LogP contribution in [0.1, 0.15) is 43.2 Å². The minimum atomic E-state index is -0.598. The van der Waals surface area contributed by atoms with Gasteiger partial charge in [-0.05, 0) is 63.1 Å². The van der Waals surface area contributed by atoms with Gasteiger partial charge in [-0.25, -0.2) is 0 Å². The summed E-state index contributed by atoms with van der Waals surface area (Å²) in [6.45, 7) is 4.53. The fourth-order valence-corrected chi connectivity index (χ4v) is 8.02. The van der Waals surface area contributed by atoms with Gasteiger partial charge >= 0.3 is 0 Å². The number of nitrogens with one attached hydrogen (secondary N) is 2. The molecule has 2 bridgehead atoms. The van der Waals surface area contributed by atoms with E-state index in [1.165, 1.54) is 0 Å². The molecule has 7 nitrogen and oxygen atoms in total. The number of hydrogen-bond acceptors (Lipinski definition) is 5. The molecule has 3 aliphatic heterocycles. The zero-order valence-electron chi connectivity index (χ0n) is 19.0. The van der Waals surface area contributed by atoms with Crippen molar-refractivity contribution in [2.24, 2.45) is 11.8 Å². The predicted molar refractivity (Wildman–Crippen MR) is 125 cm³/mol. The monoisotopic (exact) mass is 459 g/mol. The Bertz CT molecular complexity index is 923. The Labute approximate surface area is 193 Å². The molecule has 3 fully saturated rings. The molecule has 3 aliphatic rings. The molecule has 0 radical (unpaired) electrons. The van der Waals surface area contributed by atoms with E-state index in [4.69, 9.17) is 5.11 Å². The number of hydrogen-bond donors (Lipinski definition) is 3. The number of benzene rings is 1. The molecule has 0 aromatic heterocycles. The van der Waals surface area contributed by atoms with Crippen LogP contribution in [0.4, 0.5) is 5.69 Å². The highest BCUT2D eigenvalue weighted by atomic mass is 32.2. The van der Waals surface area contributed by atoms with Crippen LogP contribution in [0.3, 0.4) is 0 Å². The Hall–Kier alpha value is -2.06. The Morgan fingerprint density at radius 3 is 2.72 bits per heavy atom. The van der Waals surface area contributed by atoms with E-state index in [1.54, 1.807) is 23.7 Å². The standard InChI is InChI=1S/C24H33N3O4S/c1-14-7-8-15(2)16(13-14)26-22(30)20-24-10-9-17(32-24)18(21(29)25-3)19(24)23(31)27(20)11-5-4-6-12-28/h7-8,13,17-20,28H,4-6,9-12H2,1-3H3,(H,25,29)(H,26,30)/t17-,18+,19+,20?,24?/m1/s1. The van der Waals surface area contributed by atoms with Gasteiger partial charge in [-0.1, -0.05) is 12.1 Å². The van der Waals surface area contributed by atoms with Crippen LogP contribution in [-0.2, 0) is 14.4 Å². The molecule has 3 saturated heterocycles. The fraction of sp³-hybridized carbons (Fsp3) is 0.625. The summed E-state index contributed by atoms with van der Waals surface area (Å²) in [4.78, 5) is 41.8. The van der Waals surface area contributed by atoms with Crippen molar-refractivity contribution in [2.45, 2.75) is 62.0 Å². The molecule has 1 aromatic rings. The van der Waals surface area contributed by atoms with E-state index in [2.05, 4.69) is 10.6 Å². The smallest absolute Gasteiger partial charge is 0.248 e. The fourth-order valence-electron chi connectivity index (χ4n) is 5.80. The number of thioether (sulfide) groups is 1. The van der Waals surface area contributed by atoms with Crippen LogP contribution >= 0.6 is 11.8 Å². The minimum absolute atomic E-state index is 0.0709. The lowest BCUT2D eigenvalue weighted by Gasteiger charge is -2.34. The number of rotatable bonds is 8. The van der Waals surface area contributed by atoms with Gasteiger partial charge in [-0.15, -0.1) is 11.8 Å². The van der Waals surface area contributed by atoms with E-state index in [0.29, 0.717) is 13.0 Å². The second-order valence-electron chi connectivity index (χ2n) is 9.29. The first-order valence-electron chi connectivity index (χ1n) is 11.5. The number of carbonyl (C=O) groups excluding carboxylic acids is 3. The van der Waals surface area contributed by atoms with E-state index in [1.807, 2.05) is 32.0 Å². The topological polar surface area (TPSA) is 98.7 Å². The number of anilines is 1. The van der Waals surface area contributed by atoms with Gasteiger partial charge in [0.1, 0.15) is 6.04 Å². The number of aliphatic hydroxyl groups excluding tert-OH is 1. The Morgan fingerprint density at radius 1 is 1.22 bits per heavy atom. The molecule has 3 amide bonds. The van der Waals surface area contributed by atoms with E-state index < -0.39 is 16.7 Å². The lowest BCUT2D eigenvalue weighted by Crippen LogP contribution is -2.51. The molecule has 0 aliphatic carbocycles. The van der Waals surface area contributed by atoms with Crippen molar-refractivity contribution in [3.05, 3.63) is 29.3 Å². The van der Waals surface area contributed by atoms with Gasteiger partial charge in [0.15, 0.2) is 0 Å². The van der Waals surface area contributed by atoms with Crippen molar-refractivity contribution in [1.29, 1.82) is 0 Å². The van der Waals surface area contributed by atoms with Gasteiger partial charge in [0.25, 0.3) is 0 Å². The highest BCUT2D eigenvalue weighted by Gasteiger charge is 2.73. The largest absolute Gasteiger partial charge is 0.396 e. The summed E-state index contributed by atoms with van der Waals surface area (Å²) in [6, 6.07) is 5.35. The van der Waals surface area contributed by atoms with Crippen LogP contribution in [0.15, 0.2) is 18.2 Å². The van der Waals surface area contributed by atoms with Crippen molar-refractivity contribution in [3.8, 4) is 0 Å². The molecule has 32 heavy (non-hydrogen) atoms. The summed E-state index contributed by atoms with van der Waals surface area (Å²) in [7, 11) is 1.61. The first-order valence-corrected chi connectivity index (χ1v) is 12.4. The Morgan fingerprint density at radius 2 is 2.00 bits per heavy atom. The van der Waals surface area contributed by atoms with E-state index in [0.717, 1.165) is 42.5 Å². The van der Waals surface area contributed by atoms with Crippen molar-refractivity contribution in [2.75, 3.05) is 25.5 Å². The molecule has 1 aromatic carbocycles. The molecule has 8 heteroatoms. The summed E-state index contributed by atoms with van der Waals surface area (Å²) in [6.07, 6.45) is 3.80. The molecule has 3 N–H and O–H groups in total. The second kappa shape index (κ2) is 9.06. The summed E-state index contributed by atoms with van der Waals surface area (Å²) in [5.41, 5.74) is 2.80. The van der Waals surface area contributed by atoms with Crippen molar-refractivity contribution in [3.63, 3.8) is 0 Å². The molecule has 4 rings (SSSR count). The zero-order valence-corrected chi connectivity index (χ0v) is 19.8. The molecular formula is C24H33N3O4S. The average molecular weight is 460 g/mol. The van der Waals surface area contributed by atoms with E-state index >= 15 is 0 Å². The molecule has 3 heterocycles. The number of aliphatic hydroxyl groups is 1. The molecule has 174 valence electrons. The molecule has 2 unspecified atom stereocenters. The molecule has 5 atom stereocenters. The molecule has 1 spiro atoms. The summed E-state index contributed by atoms with van der Waals surface area (Å²) < 4.78 is -0.558. The Kier molecular flexibility index (Phi) is 6.54. The van der Waals surface area contributed by atoms with Crippen LogP contribution in [-0.4, -0.2) is 64.0 Å². The quantitative estimate of drug-likeness (QED) is 0.518. The van der Waals surface area contributed by atoms with Gasteiger partial charge in [0.05, 0.1) is 16.6 Å². The van der Waals surface area contributed by atoms with Crippen molar-refractivity contribution < 1.29 is 19.5 Å². The van der Waals surface area contributed by atoms with Crippen molar-refractivity contribution >= 4 is 35.2 Å². The number of likely N-dealkylation sites (tertiary alicyclic amines) is 1. The number of amides is 3. The number of nitrogens with zero attached hydrogens (tertiary/aromatic N) is 1. The zero-order chi connectivity index (χ0) is 23.0. The third-order valence-corrected chi connectivity index (χ3v) is 9.26. The number of carbonyl (C=O) groups is 3. The van der Waals surface area contributed by atoms with Gasteiger partial charge in [-0.2, -0.15) is 0 Å². The number of unbranched alkanes of at least 4 members (excludes halogenated alkanes) is 2. The van der Waals surface area contributed by atoms with Crippen LogP contribution in [0, 0.1) is 25.7 Å². The third kappa shape index (κ3) is 3.71. The van der Waals surface area contributed by atoms with E-state index in [9.17, 15) is 14.4 Å². The first-order chi connectivity index (χ1) is 15.3. The second-order valence-corrected chi connectivity index (χ2v) is 10.9. The molecular weight excluding hydrogens is 426 g/mol. The van der Waals surface area contributed by atoms with E-state index in [-0.39, 0.29) is 35.5 Å². The van der Waals surface area contributed by atoms with Crippen LogP contribution in [0.5, 0.6) is 0 Å². The maximum atomic E-state index is 13.7. The predicted octanol–water partition coefficient (Wildman–Crippen LogP) is 2.24. The highest BCUT2D eigenvalue weighted by molar-refractivity contribution is 8.02. The maximum Gasteiger partial charge on any atom is 0.248 e. The summed E-state index contributed by atoms with van der Waals surface area (Å²) >= 11 is 1.68.